The smallest absolute Gasteiger partial charge is 0.269 e. The van der Waals surface area contributed by atoms with Crippen molar-refractivity contribution in [1.82, 2.24) is 14.4 Å². The van der Waals surface area contributed by atoms with Crippen LogP contribution in [0.15, 0.2) is 175 Å². The molecule has 3 aliphatic heterocycles. The van der Waals surface area contributed by atoms with Gasteiger partial charge in [0.25, 0.3) is 17.1 Å². The van der Waals surface area contributed by atoms with Gasteiger partial charge in [0.05, 0.1) is 53.8 Å². The molecule has 0 amide bonds. The second kappa shape index (κ2) is 17.9. The second-order valence-electron chi connectivity index (χ2n) is 19.8. The molecule has 0 radical (unpaired) electrons. The number of allylic oxidation sites excluding steroid dienone is 2. The molecule has 0 aliphatic carbocycles. The van der Waals surface area contributed by atoms with Crippen LogP contribution < -0.4 is 15.8 Å². The predicted octanol–water partition coefficient (Wildman–Crippen LogP) is 12.2. The highest BCUT2D eigenvalue weighted by Crippen LogP contribution is 2.41. The predicted molar refractivity (Wildman–Crippen MR) is 299 cm³/mol. The first-order valence-corrected chi connectivity index (χ1v) is 24.8. The van der Waals surface area contributed by atoms with Crippen LogP contribution in [0.4, 0.5) is 17.1 Å². The van der Waals surface area contributed by atoms with E-state index >= 15 is 0 Å². The van der Waals surface area contributed by atoms with E-state index in [1.165, 1.54) is 36.4 Å². The first kappa shape index (κ1) is 47.0. The normalized spacial score (nSPS) is 13.3. The first-order valence-electron chi connectivity index (χ1n) is 24.8. The number of aromatic nitrogens is 3. The van der Waals surface area contributed by atoms with Gasteiger partial charge in [-0.3, -0.25) is 30.3 Å². The summed E-state index contributed by atoms with van der Waals surface area (Å²) < 4.78 is 2.26. The van der Waals surface area contributed by atoms with Crippen molar-refractivity contribution < 1.29 is 14.8 Å². The number of nitrogens with zero attached hydrogens (tertiary/aromatic N) is 5. The number of benzene rings is 6. The Morgan fingerprint density at radius 2 is 0.895 bits per heavy atom. The van der Waals surface area contributed by atoms with Crippen LogP contribution >= 0.6 is 0 Å². The number of nitrogens with one attached hydrogen (secondary N) is 2. The maximum Gasteiger partial charge on any atom is 0.269 e. The summed E-state index contributed by atoms with van der Waals surface area (Å²) in [7, 11) is 0. The van der Waals surface area contributed by atoms with Gasteiger partial charge in [-0.15, -0.1) is 0 Å². The van der Waals surface area contributed by atoms with E-state index in [9.17, 15) is 30.3 Å². The fourth-order valence-electron chi connectivity index (χ4n) is 11.7. The Morgan fingerprint density at radius 1 is 0.434 bits per heavy atom. The number of nitro benzene ring substituents is 3. The van der Waals surface area contributed by atoms with Crippen molar-refractivity contribution in [2.75, 3.05) is 0 Å². The van der Waals surface area contributed by atoms with E-state index in [0.29, 0.717) is 39.0 Å². The molecule has 0 saturated heterocycles. The molecule has 0 atom stereocenters. The van der Waals surface area contributed by atoms with Gasteiger partial charge in [0.2, 0.25) is 0 Å². The molecule has 0 fully saturated rings. The number of aryl methyl sites for hydroxylation is 6. The molecule has 10 aromatic rings. The molecule has 76 heavy (non-hydrogen) atoms. The minimum Gasteiger partial charge on any atom is -0.354 e. The summed E-state index contributed by atoms with van der Waals surface area (Å²) in [5.41, 5.74) is 21.3. The Hall–Kier alpha value is -10.0. The second-order valence-corrected chi connectivity index (χ2v) is 19.8. The number of H-pyrrole nitrogens is 2. The van der Waals surface area contributed by atoms with E-state index in [1.807, 2.05) is 18.2 Å². The minimum absolute atomic E-state index is 0.0282. The van der Waals surface area contributed by atoms with Crippen molar-refractivity contribution >= 4 is 61.6 Å². The maximum atomic E-state index is 12.0. The van der Waals surface area contributed by atoms with E-state index in [4.69, 9.17) is 4.99 Å². The number of nitro groups is 3. The molecule has 8 bridgehead atoms. The van der Waals surface area contributed by atoms with Gasteiger partial charge in [0.1, 0.15) is 0 Å². The molecular formula is C63H47N7O6. The summed E-state index contributed by atoms with van der Waals surface area (Å²) >= 11 is 0. The summed E-state index contributed by atoms with van der Waals surface area (Å²) in [6.07, 6.45) is 3.85. The highest BCUT2D eigenvalue weighted by Gasteiger charge is 2.27. The molecule has 2 N–H and O–H groups in total. The molecule has 6 aromatic carbocycles. The zero-order valence-electron chi connectivity index (χ0n) is 42.3. The summed E-state index contributed by atoms with van der Waals surface area (Å²) in [6.45, 7) is 12.8. The van der Waals surface area contributed by atoms with Gasteiger partial charge in [-0.1, -0.05) is 59.7 Å². The van der Waals surface area contributed by atoms with Crippen molar-refractivity contribution in [2.45, 2.75) is 41.5 Å². The molecule has 13 nitrogen and oxygen atoms in total. The van der Waals surface area contributed by atoms with E-state index in [0.717, 1.165) is 111 Å². The minimum atomic E-state index is -0.428. The summed E-state index contributed by atoms with van der Waals surface area (Å²) in [6, 6.07) is 47.5. The summed E-state index contributed by atoms with van der Waals surface area (Å²) in [5, 5.41) is 38.6. The maximum absolute atomic E-state index is 12.0. The molecule has 0 spiro atoms. The number of aromatic amines is 2. The third-order valence-electron chi connectivity index (χ3n) is 14.7. The third kappa shape index (κ3) is 7.75. The fourth-order valence-corrected chi connectivity index (χ4v) is 11.7. The van der Waals surface area contributed by atoms with E-state index in [2.05, 4.69) is 129 Å². The number of rotatable bonds is 8. The zero-order chi connectivity index (χ0) is 52.8. The molecule has 13 rings (SSSR count). The van der Waals surface area contributed by atoms with Gasteiger partial charge < -0.3 is 14.4 Å². The van der Waals surface area contributed by atoms with Crippen LogP contribution in [0.5, 0.6) is 0 Å². The van der Waals surface area contributed by atoms with Gasteiger partial charge in [0.15, 0.2) is 0 Å². The summed E-state index contributed by atoms with van der Waals surface area (Å²) in [5.74, 6) is 0. The Labute approximate surface area is 435 Å². The van der Waals surface area contributed by atoms with Crippen LogP contribution in [-0.4, -0.2) is 34.9 Å². The van der Waals surface area contributed by atoms with E-state index in [-0.39, 0.29) is 17.1 Å². The average molecular weight is 998 g/mol. The Morgan fingerprint density at radius 3 is 1.41 bits per heavy atom. The number of hydrogen-bond acceptors (Lipinski definition) is 7. The standard InChI is InChI=1S/C63H47N7O6/c1-34-29-36(3)56(37(4)30-34)60-42-7-9-43(10-8-42)61(57-38(5)31-35(2)32-39(57)6)53-27-28-54-62(44-15-21-47(22-16-44)70(75)76)63-55(67(53)54)33-52(66-63)59(41-13-19-46(20-14-41)69(73)74)50-24-23-48(64-50)58(49-25-26-51(60)65-49)40-11-17-45(18-12-40)68(71)72/h7-33,65-66H,1-6H3. The highest BCUT2D eigenvalue weighted by atomic mass is 16.6. The molecule has 3 aliphatic rings. The third-order valence-corrected chi connectivity index (χ3v) is 14.7. The lowest BCUT2D eigenvalue weighted by Crippen LogP contribution is -2.17. The number of non-ortho nitro benzene ring substituents is 3. The molecular weight excluding hydrogens is 951 g/mol. The lowest BCUT2D eigenvalue weighted by molar-refractivity contribution is -0.385. The molecule has 0 saturated carbocycles. The van der Waals surface area contributed by atoms with Crippen molar-refractivity contribution in [2.24, 2.45) is 4.99 Å². The van der Waals surface area contributed by atoms with Gasteiger partial charge >= 0.3 is 0 Å². The van der Waals surface area contributed by atoms with E-state index < -0.39 is 14.8 Å². The number of hydrogen-bond donors (Lipinski definition) is 2. The number of fused-ring (bicyclic) bond motifs is 2. The largest absolute Gasteiger partial charge is 0.354 e. The summed E-state index contributed by atoms with van der Waals surface area (Å²) in [4.78, 5) is 47.7. The van der Waals surface area contributed by atoms with Crippen LogP contribution in [-0.2, 0) is 0 Å². The highest BCUT2D eigenvalue weighted by molar-refractivity contribution is 6.31. The SMILES string of the molecule is Cc1cc(C)c(C2=c3ccc(cc3)=C(c3c(C)cc(C)cc3C)c3ccc4c(-c5ccc([N+](=O)[O-])cc5)c5[nH]c(cc5n34)=C(c3ccc([N+](=O)[O-])cc3)C3=NC(=C(c4ccc([N+](=O)[O-])cc4)c4ccc2[nH]4)C=C3)c(C)c1. The zero-order valence-corrected chi connectivity index (χ0v) is 42.3. The molecule has 370 valence electrons. The van der Waals surface area contributed by atoms with Crippen molar-refractivity contribution in [3.8, 4) is 11.1 Å². The quantitative estimate of drug-likeness (QED) is 0.113. The van der Waals surface area contributed by atoms with Crippen LogP contribution in [0.1, 0.15) is 72.7 Å². The van der Waals surface area contributed by atoms with Crippen molar-refractivity contribution in [3.63, 3.8) is 0 Å². The topological polar surface area (TPSA) is 178 Å². The Bertz CT molecular complexity index is 4400. The van der Waals surface area contributed by atoms with Crippen LogP contribution in [0.2, 0.25) is 0 Å². The average Bonchev–Trinajstić information content (AvgIpc) is 4.38. The van der Waals surface area contributed by atoms with Gasteiger partial charge in [0, 0.05) is 75.6 Å². The number of aliphatic imine (C=N–C) groups is 1. The van der Waals surface area contributed by atoms with E-state index in [1.54, 1.807) is 36.4 Å². The lowest BCUT2D eigenvalue weighted by Gasteiger charge is -2.17. The molecule has 0 unspecified atom stereocenters. The monoisotopic (exact) mass is 997 g/mol. The first-order chi connectivity index (χ1) is 36.6. The van der Waals surface area contributed by atoms with Crippen LogP contribution in [0, 0.1) is 71.9 Å². The van der Waals surface area contributed by atoms with Crippen LogP contribution in [0.3, 0.4) is 0 Å². The lowest BCUT2D eigenvalue weighted by atomic mass is 9.89. The van der Waals surface area contributed by atoms with Crippen molar-refractivity contribution in [1.29, 1.82) is 0 Å². The molecule has 7 heterocycles. The van der Waals surface area contributed by atoms with Crippen molar-refractivity contribution in [3.05, 3.63) is 288 Å². The van der Waals surface area contributed by atoms with Crippen LogP contribution in [0.25, 0.3) is 50.0 Å². The Balaban J connectivity index is 1.27. The van der Waals surface area contributed by atoms with Gasteiger partial charge in [-0.2, -0.15) is 0 Å². The fraction of sp³-hybridized carbons (Fsp3) is 0.0952. The Kier molecular flexibility index (Phi) is 11.1. The van der Waals surface area contributed by atoms with Gasteiger partial charge in [-0.05, 0) is 181 Å². The molecule has 13 heteroatoms. The van der Waals surface area contributed by atoms with Gasteiger partial charge in [-0.25, -0.2) is 4.99 Å². The molecule has 4 aromatic heterocycles.